The predicted molar refractivity (Wildman–Crippen MR) is 91.9 cm³/mol. The van der Waals surface area contributed by atoms with E-state index in [0.29, 0.717) is 5.56 Å². The second kappa shape index (κ2) is 5.23. The molecular formula is C19H19N3O. The summed E-state index contributed by atoms with van der Waals surface area (Å²) in [6.07, 6.45) is 2.05. The van der Waals surface area contributed by atoms with Crippen molar-refractivity contribution in [2.75, 3.05) is 11.4 Å². The average Bonchev–Trinajstić information content (AvgIpc) is 2.87. The van der Waals surface area contributed by atoms with Crippen LogP contribution in [0.15, 0.2) is 42.5 Å². The topological polar surface area (TPSA) is 38.1 Å². The van der Waals surface area contributed by atoms with Gasteiger partial charge >= 0.3 is 0 Å². The zero-order valence-electron chi connectivity index (χ0n) is 13.4. The maximum absolute atomic E-state index is 13.0. The molecule has 2 heterocycles. The summed E-state index contributed by atoms with van der Waals surface area (Å²) >= 11 is 0. The number of fused-ring (bicyclic) bond motifs is 2. The van der Waals surface area contributed by atoms with Crippen LogP contribution in [0.25, 0.3) is 11.0 Å². The van der Waals surface area contributed by atoms with E-state index < -0.39 is 0 Å². The Morgan fingerprint density at radius 3 is 2.87 bits per heavy atom. The van der Waals surface area contributed by atoms with Gasteiger partial charge in [-0.15, -0.1) is 0 Å². The van der Waals surface area contributed by atoms with E-state index in [1.54, 1.807) is 0 Å². The molecule has 0 N–H and O–H groups in total. The third-order valence-corrected chi connectivity index (χ3v) is 4.71. The summed E-state index contributed by atoms with van der Waals surface area (Å²) in [4.78, 5) is 19.4. The molecule has 4 nitrogen and oxygen atoms in total. The maximum Gasteiger partial charge on any atom is 0.258 e. The van der Waals surface area contributed by atoms with Gasteiger partial charge in [-0.1, -0.05) is 18.2 Å². The highest BCUT2D eigenvalue weighted by atomic mass is 16.2. The third kappa shape index (κ3) is 2.22. The van der Waals surface area contributed by atoms with Crippen LogP contribution < -0.4 is 4.90 Å². The van der Waals surface area contributed by atoms with Crippen LogP contribution in [0.3, 0.4) is 0 Å². The van der Waals surface area contributed by atoms with Crippen molar-refractivity contribution in [2.24, 2.45) is 7.05 Å². The maximum atomic E-state index is 13.0. The summed E-state index contributed by atoms with van der Waals surface area (Å²) in [6.45, 7) is 2.75. The van der Waals surface area contributed by atoms with Gasteiger partial charge in [-0.25, -0.2) is 4.98 Å². The van der Waals surface area contributed by atoms with Crippen molar-refractivity contribution < 1.29 is 4.79 Å². The number of hydrogen-bond acceptors (Lipinski definition) is 2. The molecule has 0 unspecified atom stereocenters. The number of para-hydroxylation sites is 1. The second-order valence-corrected chi connectivity index (χ2v) is 6.11. The lowest BCUT2D eigenvalue weighted by atomic mass is 10.0. The Kier molecular flexibility index (Phi) is 3.18. The SMILES string of the molecule is Cc1nc2cc(C(=O)N3CCCc4ccccc43)ccc2n1C. The monoisotopic (exact) mass is 305 g/mol. The first-order valence-electron chi connectivity index (χ1n) is 7.98. The molecule has 2 aromatic carbocycles. The van der Waals surface area contributed by atoms with Crippen LogP contribution in [0.1, 0.15) is 28.2 Å². The van der Waals surface area contributed by atoms with Crippen LogP contribution in [0.2, 0.25) is 0 Å². The molecule has 1 aliphatic rings. The largest absolute Gasteiger partial charge is 0.331 e. The van der Waals surface area contributed by atoms with E-state index in [1.165, 1.54) is 5.56 Å². The lowest BCUT2D eigenvalue weighted by Crippen LogP contribution is -2.35. The summed E-state index contributed by atoms with van der Waals surface area (Å²) in [5.74, 6) is 1.01. The molecule has 116 valence electrons. The Bertz CT molecular complexity index is 910. The first-order chi connectivity index (χ1) is 11.1. The smallest absolute Gasteiger partial charge is 0.258 e. The van der Waals surface area contributed by atoms with E-state index in [-0.39, 0.29) is 5.91 Å². The molecule has 4 rings (SSSR count). The number of imidazole rings is 1. The van der Waals surface area contributed by atoms with Gasteiger partial charge in [0.2, 0.25) is 0 Å². The van der Waals surface area contributed by atoms with Crippen LogP contribution >= 0.6 is 0 Å². The van der Waals surface area contributed by atoms with E-state index in [1.807, 2.05) is 59.8 Å². The normalized spacial score (nSPS) is 14.1. The van der Waals surface area contributed by atoms with Crippen molar-refractivity contribution in [1.82, 2.24) is 9.55 Å². The van der Waals surface area contributed by atoms with Gasteiger partial charge in [0.15, 0.2) is 0 Å². The molecule has 0 atom stereocenters. The molecule has 0 saturated heterocycles. The van der Waals surface area contributed by atoms with Crippen LogP contribution in [0.5, 0.6) is 0 Å². The summed E-state index contributed by atoms with van der Waals surface area (Å²) in [7, 11) is 1.99. The van der Waals surface area contributed by atoms with Gasteiger partial charge in [0.05, 0.1) is 11.0 Å². The molecule has 0 saturated carbocycles. The molecule has 0 spiro atoms. The summed E-state index contributed by atoms with van der Waals surface area (Å²) in [5, 5.41) is 0. The number of nitrogens with zero attached hydrogens (tertiary/aromatic N) is 3. The zero-order chi connectivity index (χ0) is 16.0. The number of benzene rings is 2. The Hall–Kier alpha value is -2.62. The van der Waals surface area contributed by atoms with Gasteiger partial charge in [0.1, 0.15) is 5.82 Å². The molecule has 0 radical (unpaired) electrons. The summed E-state index contributed by atoms with van der Waals surface area (Å²) in [6, 6.07) is 14.0. The fraction of sp³-hybridized carbons (Fsp3) is 0.263. The van der Waals surface area contributed by atoms with Gasteiger partial charge in [-0.05, 0) is 49.6 Å². The number of anilines is 1. The van der Waals surface area contributed by atoms with Crippen LogP contribution in [-0.4, -0.2) is 22.0 Å². The summed E-state index contributed by atoms with van der Waals surface area (Å²) < 4.78 is 2.04. The van der Waals surface area contributed by atoms with Crippen LogP contribution in [0, 0.1) is 6.92 Å². The average molecular weight is 305 g/mol. The minimum atomic E-state index is 0.0577. The third-order valence-electron chi connectivity index (χ3n) is 4.71. The highest BCUT2D eigenvalue weighted by molar-refractivity contribution is 6.08. The molecular weight excluding hydrogens is 286 g/mol. The quantitative estimate of drug-likeness (QED) is 0.690. The Balaban J connectivity index is 1.75. The molecule has 0 bridgehead atoms. The van der Waals surface area contributed by atoms with Crippen LogP contribution in [0.4, 0.5) is 5.69 Å². The zero-order valence-corrected chi connectivity index (χ0v) is 13.4. The summed E-state index contributed by atoms with van der Waals surface area (Å²) in [5.41, 5.74) is 4.93. The molecule has 1 aliphatic heterocycles. The predicted octanol–water partition coefficient (Wildman–Crippen LogP) is 3.47. The molecule has 1 amide bonds. The number of amides is 1. The first kappa shape index (κ1) is 14.0. The lowest BCUT2D eigenvalue weighted by molar-refractivity contribution is 0.0985. The van der Waals surface area contributed by atoms with Crippen molar-refractivity contribution >= 4 is 22.6 Å². The molecule has 4 heteroatoms. The molecule has 1 aromatic heterocycles. The molecule has 3 aromatic rings. The van der Waals surface area contributed by atoms with Gasteiger partial charge < -0.3 is 9.47 Å². The van der Waals surface area contributed by atoms with Gasteiger partial charge in [0, 0.05) is 24.8 Å². The number of rotatable bonds is 1. The first-order valence-corrected chi connectivity index (χ1v) is 7.98. The van der Waals surface area contributed by atoms with E-state index in [4.69, 9.17) is 0 Å². The Morgan fingerprint density at radius 1 is 1.17 bits per heavy atom. The number of hydrogen-bond donors (Lipinski definition) is 0. The Morgan fingerprint density at radius 2 is 2.00 bits per heavy atom. The number of carbonyl (C=O) groups excluding carboxylic acids is 1. The van der Waals surface area contributed by atoms with Crippen molar-refractivity contribution in [1.29, 1.82) is 0 Å². The minimum absolute atomic E-state index is 0.0577. The number of aryl methyl sites for hydroxylation is 3. The number of aromatic nitrogens is 2. The van der Waals surface area contributed by atoms with Crippen molar-refractivity contribution in [3.8, 4) is 0 Å². The minimum Gasteiger partial charge on any atom is -0.331 e. The number of carbonyl (C=O) groups is 1. The highest BCUT2D eigenvalue weighted by Gasteiger charge is 2.23. The fourth-order valence-electron chi connectivity index (χ4n) is 3.35. The van der Waals surface area contributed by atoms with Crippen LogP contribution in [-0.2, 0) is 13.5 Å². The van der Waals surface area contributed by atoms with Crippen molar-refractivity contribution in [2.45, 2.75) is 19.8 Å². The van der Waals surface area contributed by atoms with Gasteiger partial charge in [-0.3, -0.25) is 4.79 Å². The van der Waals surface area contributed by atoms with E-state index in [0.717, 1.165) is 41.9 Å². The van der Waals surface area contributed by atoms with Crippen molar-refractivity contribution in [3.63, 3.8) is 0 Å². The fourth-order valence-corrected chi connectivity index (χ4v) is 3.35. The molecule has 0 aliphatic carbocycles. The van der Waals surface area contributed by atoms with Gasteiger partial charge in [0.25, 0.3) is 5.91 Å². The van der Waals surface area contributed by atoms with Gasteiger partial charge in [-0.2, -0.15) is 0 Å². The lowest BCUT2D eigenvalue weighted by Gasteiger charge is -2.29. The molecule has 0 fully saturated rings. The highest BCUT2D eigenvalue weighted by Crippen LogP contribution is 2.28. The van der Waals surface area contributed by atoms with E-state index in [2.05, 4.69) is 11.1 Å². The second-order valence-electron chi connectivity index (χ2n) is 6.11. The standard InChI is InChI=1S/C19H19N3O/c1-13-20-16-12-15(9-10-18(16)21(13)2)19(23)22-11-5-7-14-6-3-4-8-17(14)22/h3-4,6,8-10,12H,5,7,11H2,1-2H3. The molecule has 23 heavy (non-hydrogen) atoms. The van der Waals surface area contributed by atoms with E-state index in [9.17, 15) is 4.79 Å². The van der Waals surface area contributed by atoms with Crippen molar-refractivity contribution in [3.05, 3.63) is 59.4 Å². The Labute approximate surface area is 135 Å². The van der Waals surface area contributed by atoms with E-state index >= 15 is 0 Å².